The Morgan fingerprint density at radius 2 is 2.31 bits per heavy atom. The summed E-state index contributed by atoms with van der Waals surface area (Å²) in [7, 11) is 3.61. The van der Waals surface area contributed by atoms with Gasteiger partial charge in [0, 0.05) is 57.1 Å². The van der Waals surface area contributed by atoms with E-state index in [9.17, 15) is 4.79 Å². The van der Waals surface area contributed by atoms with Gasteiger partial charge in [0.2, 0.25) is 0 Å². The molecule has 4 heterocycles. The second-order valence-corrected chi connectivity index (χ2v) is 7.32. The number of hydrogen-bond acceptors (Lipinski definition) is 6. The Kier molecular flexibility index (Phi) is 4.71. The minimum Gasteiger partial charge on any atom is -0.371 e. The van der Waals surface area contributed by atoms with Gasteiger partial charge in [0.15, 0.2) is 0 Å². The molecule has 1 aliphatic rings. The number of pyridine rings is 1. The van der Waals surface area contributed by atoms with Gasteiger partial charge in [-0.1, -0.05) is 6.07 Å². The predicted octanol–water partition coefficient (Wildman–Crippen LogP) is 1.96. The number of nitrogens with one attached hydrogen (secondary N) is 1. The van der Waals surface area contributed by atoms with Crippen molar-refractivity contribution in [3.8, 4) is 0 Å². The SMILES string of the molecule is CNC(=O)c1sc2ncccc2c1[C@H]1CN(Cc2ccnn2C)CCO1. The second-order valence-electron chi connectivity index (χ2n) is 6.32. The summed E-state index contributed by atoms with van der Waals surface area (Å²) in [4.78, 5) is 20.7. The van der Waals surface area contributed by atoms with Gasteiger partial charge in [-0.3, -0.25) is 14.4 Å². The number of fused-ring (bicyclic) bond motifs is 1. The average Bonchev–Trinajstić information content (AvgIpc) is 3.25. The first-order chi connectivity index (χ1) is 12.7. The van der Waals surface area contributed by atoms with Gasteiger partial charge in [0.1, 0.15) is 9.71 Å². The van der Waals surface area contributed by atoms with Gasteiger partial charge in [-0.2, -0.15) is 5.10 Å². The maximum Gasteiger partial charge on any atom is 0.261 e. The number of thiophene rings is 1. The van der Waals surface area contributed by atoms with Gasteiger partial charge in [0.05, 0.1) is 18.4 Å². The molecule has 3 aromatic heterocycles. The quantitative estimate of drug-likeness (QED) is 0.759. The normalized spacial score (nSPS) is 18.3. The van der Waals surface area contributed by atoms with Crippen LogP contribution in [-0.2, 0) is 18.3 Å². The number of aryl methyl sites for hydroxylation is 1. The van der Waals surface area contributed by atoms with Crippen LogP contribution in [0.25, 0.3) is 10.2 Å². The van der Waals surface area contributed by atoms with E-state index in [1.54, 1.807) is 13.2 Å². The van der Waals surface area contributed by atoms with Crippen molar-refractivity contribution in [1.82, 2.24) is 25.0 Å². The molecule has 0 aliphatic carbocycles. The minimum absolute atomic E-state index is 0.0876. The largest absolute Gasteiger partial charge is 0.371 e. The van der Waals surface area contributed by atoms with Crippen LogP contribution in [0.4, 0.5) is 0 Å². The molecular weight excluding hydrogens is 350 g/mol. The summed E-state index contributed by atoms with van der Waals surface area (Å²) in [5.41, 5.74) is 2.11. The fraction of sp³-hybridized carbons (Fsp3) is 0.389. The van der Waals surface area contributed by atoms with Crippen LogP contribution in [0.15, 0.2) is 30.6 Å². The lowest BCUT2D eigenvalue weighted by atomic mass is 10.0. The Bertz CT molecular complexity index is 935. The van der Waals surface area contributed by atoms with Gasteiger partial charge in [-0.25, -0.2) is 4.98 Å². The molecule has 136 valence electrons. The molecule has 1 amide bonds. The fourth-order valence-electron chi connectivity index (χ4n) is 3.36. The Morgan fingerprint density at radius 1 is 1.42 bits per heavy atom. The van der Waals surface area contributed by atoms with Crippen molar-refractivity contribution < 1.29 is 9.53 Å². The molecule has 3 aromatic rings. The van der Waals surface area contributed by atoms with E-state index in [-0.39, 0.29) is 12.0 Å². The molecule has 0 unspecified atom stereocenters. The molecule has 4 rings (SSSR count). The fourth-order valence-corrected chi connectivity index (χ4v) is 4.50. The summed E-state index contributed by atoms with van der Waals surface area (Å²) < 4.78 is 7.97. The molecule has 0 radical (unpaired) electrons. The standard InChI is InChI=1S/C18H21N5O2S/c1-19-17(24)16-15(13-4-3-6-20-18(13)26-16)14-11-23(8-9-25-14)10-12-5-7-21-22(12)2/h3-7,14H,8-11H2,1-2H3,(H,19,24)/t14-/m1/s1. The summed E-state index contributed by atoms with van der Waals surface area (Å²) in [5, 5.41) is 7.98. The number of carbonyl (C=O) groups is 1. The third-order valence-corrected chi connectivity index (χ3v) is 5.85. The molecule has 1 N–H and O–H groups in total. The van der Waals surface area contributed by atoms with E-state index in [0.29, 0.717) is 11.5 Å². The van der Waals surface area contributed by atoms with Crippen molar-refractivity contribution in [1.29, 1.82) is 0 Å². The average molecular weight is 371 g/mol. The first-order valence-electron chi connectivity index (χ1n) is 8.57. The van der Waals surface area contributed by atoms with Gasteiger partial charge in [-0.15, -0.1) is 11.3 Å². The van der Waals surface area contributed by atoms with Crippen molar-refractivity contribution in [2.75, 3.05) is 26.7 Å². The van der Waals surface area contributed by atoms with Crippen LogP contribution in [0.5, 0.6) is 0 Å². The molecule has 7 nitrogen and oxygen atoms in total. The second kappa shape index (κ2) is 7.14. The van der Waals surface area contributed by atoms with Crippen molar-refractivity contribution in [3.63, 3.8) is 0 Å². The van der Waals surface area contributed by atoms with Crippen molar-refractivity contribution >= 4 is 27.5 Å². The first-order valence-corrected chi connectivity index (χ1v) is 9.39. The lowest BCUT2D eigenvalue weighted by Gasteiger charge is -2.33. The summed E-state index contributed by atoms with van der Waals surface area (Å²) in [6, 6.07) is 5.96. The highest BCUT2D eigenvalue weighted by molar-refractivity contribution is 7.20. The lowest BCUT2D eigenvalue weighted by Crippen LogP contribution is -2.38. The molecular formula is C18H21N5O2S. The molecule has 1 saturated heterocycles. The number of aromatic nitrogens is 3. The third kappa shape index (κ3) is 3.11. The molecule has 1 atom stereocenters. The Labute approximate surface area is 155 Å². The molecule has 26 heavy (non-hydrogen) atoms. The van der Waals surface area contributed by atoms with E-state index in [0.717, 1.165) is 41.1 Å². The number of amides is 1. The molecule has 0 aromatic carbocycles. The lowest BCUT2D eigenvalue weighted by molar-refractivity contribution is -0.0329. The van der Waals surface area contributed by atoms with Crippen LogP contribution in [0, 0.1) is 0 Å². The number of rotatable bonds is 4. The number of ether oxygens (including phenoxy) is 1. The van der Waals surface area contributed by atoms with E-state index in [1.807, 2.05) is 36.1 Å². The van der Waals surface area contributed by atoms with Gasteiger partial charge < -0.3 is 10.1 Å². The molecule has 1 fully saturated rings. The molecule has 1 aliphatic heterocycles. The minimum atomic E-state index is -0.151. The van der Waals surface area contributed by atoms with E-state index in [4.69, 9.17) is 4.74 Å². The predicted molar refractivity (Wildman–Crippen MR) is 100 cm³/mol. The highest BCUT2D eigenvalue weighted by atomic mass is 32.1. The monoisotopic (exact) mass is 371 g/mol. The Balaban J connectivity index is 1.66. The summed E-state index contributed by atoms with van der Waals surface area (Å²) in [6.45, 7) is 3.03. The van der Waals surface area contributed by atoms with Crippen molar-refractivity contribution in [2.45, 2.75) is 12.6 Å². The smallest absolute Gasteiger partial charge is 0.261 e. The van der Waals surface area contributed by atoms with Gasteiger partial charge in [-0.05, 0) is 12.1 Å². The van der Waals surface area contributed by atoms with E-state index >= 15 is 0 Å². The number of nitrogens with zero attached hydrogens (tertiary/aromatic N) is 4. The number of carbonyl (C=O) groups excluding carboxylic acids is 1. The van der Waals surface area contributed by atoms with Crippen LogP contribution in [0.3, 0.4) is 0 Å². The topological polar surface area (TPSA) is 72.3 Å². The maximum atomic E-state index is 12.4. The van der Waals surface area contributed by atoms with Gasteiger partial charge >= 0.3 is 0 Å². The zero-order valence-corrected chi connectivity index (χ0v) is 15.6. The summed E-state index contributed by atoms with van der Waals surface area (Å²) in [5.74, 6) is -0.0876. The van der Waals surface area contributed by atoms with Crippen LogP contribution >= 0.6 is 11.3 Å². The highest BCUT2D eigenvalue weighted by Crippen LogP contribution is 2.37. The Morgan fingerprint density at radius 3 is 3.08 bits per heavy atom. The zero-order valence-electron chi connectivity index (χ0n) is 14.8. The van der Waals surface area contributed by atoms with E-state index in [2.05, 4.69) is 20.3 Å². The number of morpholine rings is 1. The number of hydrogen-bond donors (Lipinski definition) is 1. The zero-order chi connectivity index (χ0) is 18.1. The van der Waals surface area contributed by atoms with Crippen LogP contribution < -0.4 is 5.32 Å². The van der Waals surface area contributed by atoms with E-state index in [1.165, 1.54) is 11.3 Å². The third-order valence-electron chi connectivity index (χ3n) is 4.72. The molecule has 0 bridgehead atoms. The molecule has 0 spiro atoms. The maximum absolute atomic E-state index is 12.4. The molecule has 0 saturated carbocycles. The van der Waals surface area contributed by atoms with Crippen LogP contribution in [0.1, 0.15) is 27.0 Å². The molecule has 8 heteroatoms. The summed E-state index contributed by atoms with van der Waals surface area (Å²) in [6.07, 6.45) is 3.42. The first kappa shape index (κ1) is 17.1. The highest BCUT2D eigenvalue weighted by Gasteiger charge is 2.30. The van der Waals surface area contributed by atoms with Crippen molar-refractivity contribution in [3.05, 3.63) is 46.7 Å². The summed E-state index contributed by atoms with van der Waals surface area (Å²) >= 11 is 1.42. The van der Waals surface area contributed by atoms with Crippen molar-refractivity contribution in [2.24, 2.45) is 7.05 Å². The van der Waals surface area contributed by atoms with Crippen LogP contribution in [-0.4, -0.2) is 52.3 Å². The Hall–Kier alpha value is -2.29. The van der Waals surface area contributed by atoms with Crippen LogP contribution in [0.2, 0.25) is 0 Å². The van der Waals surface area contributed by atoms with E-state index < -0.39 is 0 Å². The van der Waals surface area contributed by atoms with Gasteiger partial charge in [0.25, 0.3) is 5.91 Å².